The average Bonchev–Trinajstić information content (AvgIpc) is 2.45. The standard InChI is InChI=1S/C16H14O2/c1-3-7-15(8-4-1)11-13-17-18-14-12-16-9-5-2-6-10-16/h1-14H. The van der Waals surface area contributed by atoms with Crippen LogP contribution in [0.5, 0.6) is 0 Å². The maximum absolute atomic E-state index is 4.89. The Bertz CT molecular complexity index is 452. The van der Waals surface area contributed by atoms with E-state index in [1.54, 1.807) is 0 Å². The molecule has 0 fully saturated rings. The second-order valence-electron chi connectivity index (χ2n) is 3.62. The van der Waals surface area contributed by atoms with Crippen LogP contribution in [0, 0.1) is 0 Å². The highest BCUT2D eigenvalue weighted by Crippen LogP contribution is 2.03. The molecule has 0 atom stereocenters. The van der Waals surface area contributed by atoms with Gasteiger partial charge in [0.2, 0.25) is 0 Å². The van der Waals surface area contributed by atoms with Gasteiger partial charge < -0.3 is 0 Å². The first-order chi connectivity index (χ1) is 8.95. The van der Waals surface area contributed by atoms with Crippen molar-refractivity contribution in [2.24, 2.45) is 0 Å². The number of hydrogen-bond acceptors (Lipinski definition) is 2. The first-order valence-electron chi connectivity index (χ1n) is 5.70. The van der Waals surface area contributed by atoms with Crippen LogP contribution in [0.15, 0.2) is 73.2 Å². The fourth-order valence-electron chi connectivity index (χ4n) is 1.41. The molecule has 0 heterocycles. The van der Waals surface area contributed by atoms with Gasteiger partial charge in [-0.25, -0.2) is 0 Å². The summed E-state index contributed by atoms with van der Waals surface area (Å²) in [6.45, 7) is 0. The summed E-state index contributed by atoms with van der Waals surface area (Å²) in [4.78, 5) is 9.78. The third-order valence-corrected chi connectivity index (χ3v) is 2.29. The zero-order valence-corrected chi connectivity index (χ0v) is 9.90. The summed E-state index contributed by atoms with van der Waals surface area (Å²) in [6, 6.07) is 19.8. The predicted octanol–water partition coefficient (Wildman–Crippen LogP) is 4.28. The summed E-state index contributed by atoms with van der Waals surface area (Å²) >= 11 is 0. The number of benzene rings is 2. The van der Waals surface area contributed by atoms with Crippen molar-refractivity contribution in [2.75, 3.05) is 0 Å². The summed E-state index contributed by atoms with van der Waals surface area (Å²) in [5, 5.41) is 0. The Morgan fingerprint density at radius 1 is 0.556 bits per heavy atom. The van der Waals surface area contributed by atoms with Crippen molar-refractivity contribution in [1.29, 1.82) is 0 Å². The SMILES string of the molecule is C(=Cc1ccccc1)OOC=Cc1ccccc1. The number of rotatable bonds is 5. The molecule has 0 aromatic heterocycles. The molecule has 0 saturated carbocycles. The maximum Gasteiger partial charge on any atom is 0.143 e. The molecule has 18 heavy (non-hydrogen) atoms. The van der Waals surface area contributed by atoms with E-state index in [1.807, 2.05) is 72.8 Å². The molecule has 0 radical (unpaired) electrons. The summed E-state index contributed by atoms with van der Waals surface area (Å²) < 4.78 is 0. The molecule has 0 unspecified atom stereocenters. The van der Waals surface area contributed by atoms with E-state index in [0.29, 0.717) is 0 Å². The van der Waals surface area contributed by atoms with E-state index >= 15 is 0 Å². The fourth-order valence-corrected chi connectivity index (χ4v) is 1.41. The van der Waals surface area contributed by atoms with Crippen molar-refractivity contribution < 1.29 is 9.78 Å². The molecule has 0 amide bonds. The van der Waals surface area contributed by atoms with Gasteiger partial charge >= 0.3 is 0 Å². The first kappa shape index (κ1) is 12.0. The zero-order chi connectivity index (χ0) is 12.5. The summed E-state index contributed by atoms with van der Waals surface area (Å²) in [6.07, 6.45) is 6.67. The van der Waals surface area contributed by atoms with Crippen LogP contribution in [0.4, 0.5) is 0 Å². The lowest BCUT2D eigenvalue weighted by molar-refractivity contribution is -0.193. The molecule has 0 bridgehead atoms. The van der Waals surface area contributed by atoms with Crippen LogP contribution in [-0.2, 0) is 9.78 Å². The Hall–Kier alpha value is -2.48. The van der Waals surface area contributed by atoms with E-state index in [-0.39, 0.29) is 0 Å². The Morgan fingerprint density at radius 2 is 0.944 bits per heavy atom. The molecule has 0 aliphatic heterocycles. The molecule has 2 heteroatoms. The lowest BCUT2D eigenvalue weighted by Crippen LogP contribution is -1.77. The lowest BCUT2D eigenvalue weighted by Gasteiger charge is -1.95. The molecule has 2 aromatic carbocycles. The van der Waals surface area contributed by atoms with Crippen LogP contribution >= 0.6 is 0 Å². The van der Waals surface area contributed by atoms with E-state index in [0.717, 1.165) is 11.1 Å². The van der Waals surface area contributed by atoms with E-state index in [1.165, 1.54) is 12.5 Å². The van der Waals surface area contributed by atoms with Gasteiger partial charge in [0.25, 0.3) is 0 Å². The van der Waals surface area contributed by atoms with Crippen LogP contribution in [0.3, 0.4) is 0 Å². The van der Waals surface area contributed by atoms with Crippen LogP contribution < -0.4 is 0 Å². The van der Waals surface area contributed by atoms with Gasteiger partial charge in [0.1, 0.15) is 12.5 Å². The van der Waals surface area contributed by atoms with Gasteiger partial charge in [-0.05, 0) is 23.3 Å². The van der Waals surface area contributed by atoms with E-state index in [2.05, 4.69) is 0 Å². The third kappa shape index (κ3) is 4.18. The van der Waals surface area contributed by atoms with Crippen molar-refractivity contribution in [2.45, 2.75) is 0 Å². The monoisotopic (exact) mass is 238 g/mol. The molecule has 0 saturated heterocycles. The van der Waals surface area contributed by atoms with Crippen LogP contribution in [0.2, 0.25) is 0 Å². The first-order valence-corrected chi connectivity index (χ1v) is 5.70. The van der Waals surface area contributed by atoms with Crippen molar-refractivity contribution in [1.82, 2.24) is 0 Å². The topological polar surface area (TPSA) is 18.5 Å². The van der Waals surface area contributed by atoms with Gasteiger partial charge in [-0.2, -0.15) is 0 Å². The molecule has 90 valence electrons. The Kier molecular flexibility index (Phi) is 4.64. The van der Waals surface area contributed by atoms with E-state index in [4.69, 9.17) is 9.78 Å². The van der Waals surface area contributed by atoms with E-state index < -0.39 is 0 Å². The molecule has 2 rings (SSSR count). The second kappa shape index (κ2) is 6.97. The molecule has 0 N–H and O–H groups in total. The molecular weight excluding hydrogens is 224 g/mol. The highest BCUT2D eigenvalue weighted by molar-refractivity contribution is 5.48. The predicted molar refractivity (Wildman–Crippen MR) is 73.1 cm³/mol. The lowest BCUT2D eigenvalue weighted by atomic mass is 10.2. The summed E-state index contributed by atoms with van der Waals surface area (Å²) in [5.74, 6) is 0. The summed E-state index contributed by atoms with van der Waals surface area (Å²) in [5.41, 5.74) is 2.13. The largest absolute Gasteiger partial charge is 0.299 e. The second-order valence-corrected chi connectivity index (χ2v) is 3.62. The van der Waals surface area contributed by atoms with Crippen LogP contribution in [0.1, 0.15) is 11.1 Å². The van der Waals surface area contributed by atoms with Crippen molar-refractivity contribution in [3.05, 3.63) is 84.3 Å². The normalized spacial score (nSPS) is 10.9. The zero-order valence-electron chi connectivity index (χ0n) is 9.90. The molecular formula is C16H14O2. The van der Waals surface area contributed by atoms with Crippen LogP contribution in [-0.4, -0.2) is 0 Å². The van der Waals surface area contributed by atoms with Gasteiger partial charge in [0.15, 0.2) is 0 Å². The Balaban J connectivity index is 1.73. The average molecular weight is 238 g/mol. The fraction of sp³-hybridized carbons (Fsp3) is 0. The quantitative estimate of drug-likeness (QED) is 0.335. The minimum absolute atomic E-state index is 1.06. The van der Waals surface area contributed by atoms with Gasteiger partial charge in [0.05, 0.1) is 0 Å². The minimum atomic E-state index is 1.06. The van der Waals surface area contributed by atoms with Crippen molar-refractivity contribution in [3.63, 3.8) is 0 Å². The molecule has 2 nitrogen and oxygen atoms in total. The molecule has 0 aliphatic rings. The molecule has 0 aliphatic carbocycles. The molecule has 0 spiro atoms. The summed E-state index contributed by atoms with van der Waals surface area (Å²) in [7, 11) is 0. The molecule has 2 aromatic rings. The van der Waals surface area contributed by atoms with Crippen molar-refractivity contribution >= 4 is 12.2 Å². The van der Waals surface area contributed by atoms with Gasteiger partial charge in [-0.1, -0.05) is 60.7 Å². The highest BCUT2D eigenvalue weighted by atomic mass is 17.2. The Morgan fingerprint density at radius 3 is 1.33 bits per heavy atom. The van der Waals surface area contributed by atoms with Gasteiger partial charge in [-0.15, -0.1) is 0 Å². The van der Waals surface area contributed by atoms with E-state index in [9.17, 15) is 0 Å². The minimum Gasteiger partial charge on any atom is -0.299 e. The van der Waals surface area contributed by atoms with Crippen molar-refractivity contribution in [3.8, 4) is 0 Å². The smallest absolute Gasteiger partial charge is 0.143 e. The third-order valence-electron chi connectivity index (χ3n) is 2.29. The van der Waals surface area contributed by atoms with Gasteiger partial charge in [-0.3, -0.25) is 9.78 Å². The highest BCUT2D eigenvalue weighted by Gasteiger charge is 1.84. The maximum atomic E-state index is 4.89. The Labute approximate surface area is 107 Å². The van der Waals surface area contributed by atoms with Crippen LogP contribution in [0.25, 0.3) is 12.2 Å². The number of hydrogen-bond donors (Lipinski definition) is 0. The van der Waals surface area contributed by atoms with Gasteiger partial charge in [0, 0.05) is 0 Å².